The lowest BCUT2D eigenvalue weighted by Gasteiger charge is -2.53. The molecule has 5 heteroatoms. The predicted molar refractivity (Wildman–Crippen MR) is 120 cm³/mol. The van der Waals surface area contributed by atoms with E-state index < -0.39 is 5.54 Å². The van der Waals surface area contributed by atoms with Gasteiger partial charge in [-0.25, -0.2) is 0 Å². The second kappa shape index (κ2) is 8.46. The highest BCUT2D eigenvalue weighted by atomic mass is 16.2. The van der Waals surface area contributed by atoms with Crippen LogP contribution >= 0.6 is 0 Å². The summed E-state index contributed by atoms with van der Waals surface area (Å²) in [6.07, 6.45) is 4.20. The lowest BCUT2D eigenvalue weighted by molar-refractivity contribution is -0.173. The average Bonchev–Trinajstić information content (AvgIpc) is 3.32. The number of amides is 2. The summed E-state index contributed by atoms with van der Waals surface area (Å²) in [7, 11) is 0. The van der Waals surface area contributed by atoms with Gasteiger partial charge in [0.25, 0.3) is 0 Å². The van der Waals surface area contributed by atoms with Crippen LogP contribution in [0.1, 0.15) is 36.8 Å². The Balaban J connectivity index is 1.34. The van der Waals surface area contributed by atoms with Crippen LogP contribution in [-0.2, 0) is 22.6 Å². The van der Waals surface area contributed by atoms with E-state index in [4.69, 9.17) is 0 Å². The summed E-state index contributed by atoms with van der Waals surface area (Å²) in [4.78, 5) is 33.6. The normalized spacial score (nSPS) is 23.4. The monoisotopic (exact) mass is 417 g/mol. The highest BCUT2D eigenvalue weighted by Crippen LogP contribution is 2.40. The summed E-state index contributed by atoms with van der Waals surface area (Å²) >= 11 is 0. The second-order valence-electron chi connectivity index (χ2n) is 9.18. The van der Waals surface area contributed by atoms with Crippen LogP contribution in [0.2, 0.25) is 0 Å². The largest absolute Gasteiger partial charge is 0.329 e. The highest BCUT2D eigenvalue weighted by molar-refractivity contribution is 6.00. The Morgan fingerprint density at radius 3 is 2.16 bits per heavy atom. The maximum Gasteiger partial charge on any atom is 0.249 e. The molecule has 5 rings (SSSR count). The molecule has 3 fully saturated rings. The first-order chi connectivity index (χ1) is 15.2. The van der Waals surface area contributed by atoms with E-state index in [1.54, 1.807) is 0 Å². The molecule has 0 saturated carbocycles. The predicted octanol–water partition coefficient (Wildman–Crippen LogP) is 3.10. The van der Waals surface area contributed by atoms with Crippen LogP contribution in [0.4, 0.5) is 0 Å². The van der Waals surface area contributed by atoms with Crippen molar-refractivity contribution >= 4 is 11.8 Å². The molecule has 2 aromatic carbocycles. The Morgan fingerprint density at radius 1 is 0.839 bits per heavy atom. The number of rotatable bonds is 5. The third kappa shape index (κ3) is 3.76. The fourth-order valence-corrected chi connectivity index (χ4v) is 5.60. The summed E-state index contributed by atoms with van der Waals surface area (Å²) in [6.45, 7) is 3.96. The van der Waals surface area contributed by atoms with Crippen molar-refractivity contribution in [3.05, 3.63) is 71.8 Å². The van der Waals surface area contributed by atoms with Crippen LogP contribution in [0.15, 0.2) is 60.7 Å². The Labute approximate surface area is 184 Å². The van der Waals surface area contributed by atoms with Crippen LogP contribution in [0.3, 0.4) is 0 Å². The SMILES string of the molecule is O=C1C2CCCN2C(=O)C2(CCN(CCc3ccccc3)CC2)N1Cc1ccccc1. The number of likely N-dealkylation sites (tertiary alicyclic amines) is 1. The highest BCUT2D eigenvalue weighted by Gasteiger charge is 2.57. The molecule has 2 amide bonds. The quantitative estimate of drug-likeness (QED) is 0.751. The number of piperidine rings is 1. The van der Waals surface area contributed by atoms with Crippen molar-refractivity contribution in [1.82, 2.24) is 14.7 Å². The molecule has 0 radical (unpaired) electrons. The van der Waals surface area contributed by atoms with Gasteiger partial charge in [0.2, 0.25) is 11.8 Å². The van der Waals surface area contributed by atoms with Crippen molar-refractivity contribution in [1.29, 1.82) is 0 Å². The van der Waals surface area contributed by atoms with Crippen molar-refractivity contribution in [3.63, 3.8) is 0 Å². The molecule has 0 bridgehead atoms. The van der Waals surface area contributed by atoms with E-state index in [1.165, 1.54) is 5.56 Å². The van der Waals surface area contributed by atoms with Gasteiger partial charge in [0.1, 0.15) is 11.6 Å². The topological polar surface area (TPSA) is 43.9 Å². The standard InChI is InChI=1S/C26H31N3O2/c30-24-23-12-7-16-28(23)25(31)26(29(24)20-22-10-5-2-6-11-22)14-18-27(19-15-26)17-13-21-8-3-1-4-9-21/h1-6,8-11,23H,7,12-20H2. The number of piperazine rings is 1. The van der Waals surface area contributed by atoms with Crippen molar-refractivity contribution in [2.24, 2.45) is 0 Å². The van der Waals surface area contributed by atoms with Crippen molar-refractivity contribution < 1.29 is 9.59 Å². The zero-order chi connectivity index (χ0) is 21.3. The average molecular weight is 418 g/mol. The summed E-state index contributed by atoms with van der Waals surface area (Å²) in [5, 5.41) is 0. The Kier molecular flexibility index (Phi) is 5.53. The first-order valence-corrected chi connectivity index (χ1v) is 11.6. The zero-order valence-corrected chi connectivity index (χ0v) is 18.1. The maximum atomic E-state index is 13.7. The Morgan fingerprint density at radius 2 is 1.48 bits per heavy atom. The van der Waals surface area contributed by atoms with Crippen molar-refractivity contribution in [2.45, 2.75) is 50.2 Å². The second-order valence-corrected chi connectivity index (χ2v) is 9.18. The van der Waals surface area contributed by atoms with Crippen LogP contribution in [0.5, 0.6) is 0 Å². The van der Waals surface area contributed by atoms with E-state index in [-0.39, 0.29) is 17.9 Å². The first kappa shape index (κ1) is 20.3. The molecular weight excluding hydrogens is 386 g/mol. The van der Waals surface area contributed by atoms with E-state index >= 15 is 0 Å². The Bertz CT molecular complexity index is 922. The number of hydrogen-bond acceptors (Lipinski definition) is 3. The fraction of sp³-hybridized carbons (Fsp3) is 0.462. The molecule has 0 N–H and O–H groups in total. The summed E-state index contributed by atoms with van der Waals surface area (Å²) in [5.74, 6) is 0.340. The van der Waals surface area contributed by atoms with Gasteiger partial charge in [-0.2, -0.15) is 0 Å². The van der Waals surface area contributed by atoms with Gasteiger partial charge >= 0.3 is 0 Å². The minimum atomic E-state index is -0.684. The lowest BCUT2D eigenvalue weighted by atomic mass is 9.80. The molecule has 3 saturated heterocycles. The summed E-state index contributed by atoms with van der Waals surface area (Å²) in [5.41, 5.74) is 1.76. The molecule has 3 heterocycles. The van der Waals surface area contributed by atoms with Crippen molar-refractivity contribution in [3.8, 4) is 0 Å². The number of fused-ring (bicyclic) bond motifs is 1. The van der Waals surface area contributed by atoms with Gasteiger partial charge in [-0.05, 0) is 43.2 Å². The molecule has 1 atom stereocenters. The van der Waals surface area contributed by atoms with Gasteiger partial charge in [0.15, 0.2) is 0 Å². The van der Waals surface area contributed by atoms with Crippen LogP contribution in [0, 0.1) is 0 Å². The van der Waals surface area contributed by atoms with Gasteiger partial charge in [0.05, 0.1) is 0 Å². The third-order valence-electron chi connectivity index (χ3n) is 7.41. The van der Waals surface area contributed by atoms with Gasteiger partial charge < -0.3 is 14.7 Å². The third-order valence-corrected chi connectivity index (χ3v) is 7.41. The minimum Gasteiger partial charge on any atom is -0.329 e. The molecule has 1 unspecified atom stereocenters. The molecule has 162 valence electrons. The van der Waals surface area contributed by atoms with Crippen LogP contribution in [0.25, 0.3) is 0 Å². The number of hydrogen-bond donors (Lipinski definition) is 0. The van der Waals surface area contributed by atoms with Crippen LogP contribution < -0.4 is 0 Å². The van der Waals surface area contributed by atoms with Crippen LogP contribution in [-0.4, -0.2) is 64.3 Å². The molecule has 5 nitrogen and oxygen atoms in total. The number of benzene rings is 2. The molecule has 0 aromatic heterocycles. The minimum absolute atomic E-state index is 0.152. The molecule has 31 heavy (non-hydrogen) atoms. The number of carbonyl (C=O) groups is 2. The fourth-order valence-electron chi connectivity index (χ4n) is 5.60. The van der Waals surface area contributed by atoms with Gasteiger partial charge in [-0.1, -0.05) is 60.7 Å². The Hall–Kier alpha value is -2.66. The van der Waals surface area contributed by atoms with Crippen molar-refractivity contribution in [2.75, 3.05) is 26.2 Å². The van der Waals surface area contributed by atoms with E-state index in [2.05, 4.69) is 41.3 Å². The zero-order valence-electron chi connectivity index (χ0n) is 18.1. The van der Waals surface area contributed by atoms with E-state index in [0.29, 0.717) is 6.54 Å². The maximum absolute atomic E-state index is 13.7. The van der Waals surface area contributed by atoms with Gasteiger partial charge in [0, 0.05) is 32.7 Å². The van der Waals surface area contributed by atoms with E-state index in [1.807, 2.05) is 34.1 Å². The molecule has 1 spiro atoms. The molecule has 2 aromatic rings. The molecular formula is C26H31N3O2. The number of carbonyl (C=O) groups excluding carboxylic acids is 2. The molecule has 3 aliphatic heterocycles. The van der Waals surface area contributed by atoms with E-state index in [0.717, 1.165) is 63.8 Å². The van der Waals surface area contributed by atoms with E-state index in [9.17, 15) is 9.59 Å². The summed E-state index contributed by atoms with van der Waals surface area (Å²) in [6, 6.07) is 20.4. The molecule has 3 aliphatic rings. The first-order valence-electron chi connectivity index (χ1n) is 11.6. The van der Waals surface area contributed by atoms with Gasteiger partial charge in [-0.3, -0.25) is 9.59 Å². The molecule has 0 aliphatic carbocycles. The summed E-state index contributed by atoms with van der Waals surface area (Å²) < 4.78 is 0. The van der Waals surface area contributed by atoms with Gasteiger partial charge in [-0.15, -0.1) is 0 Å². The smallest absolute Gasteiger partial charge is 0.249 e. The lowest BCUT2D eigenvalue weighted by Crippen LogP contribution is -2.72. The number of nitrogens with zero attached hydrogens (tertiary/aromatic N) is 3.